The number of ketones is 1. The van der Waals surface area contributed by atoms with E-state index < -0.39 is 47.3 Å². The van der Waals surface area contributed by atoms with Crippen molar-refractivity contribution in [3.63, 3.8) is 0 Å². The Morgan fingerprint density at radius 2 is 1.10 bits per heavy atom. The number of alkyl carbamates (subject to hydrolysis) is 1. The summed E-state index contributed by atoms with van der Waals surface area (Å²) in [4.78, 5) is 64.6. The predicted octanol–water partition coefficient (Wildman–Crippen LogP) is 12.4. The molecule has 0 saturated heterocycles. The van der Waals surface area contributed by atoms with E-state index in [4.69, 9.17) is 23.7 Å². The fraction of sp³-hybridized carbons (Fsp3) is 0.898. The molecule has 0 aromatic heterocycles. The van der Waals surface area contributed by atoms with Gasteiger partial charge >= 0.3 is 24.0 Å². The first-order chi connectivity index (χ1) is 29.0. The van der Waals surface area contributed by atoms with Gasteiger partial charge in [-0.15, -0.1) is 0 Å². The molecule has 0 fully saturated rings. The monoisotopic (exact) mass is 886 g/mol. The zero-order valence-corrected chi connectivity index (χ0v) is 41.3. The molecule has 0 bridgehead atoms. The molecule has 0 aliphatic heterocycles. The van der Waals surface area contributed by atoms with Crippen LogP contribution >= 0.6 is 11.8 Å². The van der Waals surface area contributed by atoms with Crippen molar-refractivity contribution >= 4 is 41.5 Å². The van der Waals surface area contributed by atoms with Crippen LogP contribution < -0.4 is 5.32 Å². The minimum atomic E-state index is -0.965. The molecule has 0 saturated carbocycles. The van der Waals surface area contributed by atoms with E-state index in [1.54, 1.807) is 20.8 Å². The van der Waals surface area contributed by atoms with Crippen molar-refractivity contribution in [2.75, 3.05) is 31.8 Å². The topological polar surface area (TPSA) is 144 Å². The highest BCUT2D eigenvalue weighted by Gasteiger charge is 2.31. The molecule has 0 aliphatic carbocycles. The van der Waals surface area contributed by atoms with Crippen LogP contribution in [-0.2, 0) is 42.9 Å². The van der Waals surface area contributed by atoms with Crippen LogP contribution in [-0.4, -0.2) is 85.0 Å². The van der Waals surface area contributed by atoms with Crippen molar-refractivity contribution in [1.82, 2.24) is 5.32 Å². The number of hydrogen-bond donors (Lipinski definition) is 1. The van der Waals surface area contributed by atoms with Gasteiger partial charge in [-0.25, -0.2) is 4.79 Å². The maximum Gasteiger partial charge on any atom is 0.408 e. The van der Waals surface area contributed by atoms with Gasteiger partial charge in [0.2, 0.25) is 0 Å². The summed E-state index contributed by atoms with van der Waals surface area (Å²) in [5.41, 5.74) is -1.31. The van der Waals surface area contributed by atoms with Gasteiger partial charge in [-0.05, 0) is 60.8 Å². The highest BCUT2D eigenvalue weighted by atomic mass is 32.2. The SMILES string of the molecule is CCCCCCCCCCCCCCCC(=O)O[C@H](CCCCCCCCCCC)CC(=O)OCCSC[C@H](NC(=O)OC(C)(C)C)C(=O)C[C@@H](COC(C)(C)C)C(=O)OC. The highest BCUT2D eigenvalue weighted by molar-refractivity contribution is 7.99. The van der Waals surface area contributed by atoms with Crippen LogP contribution in [0.2, 0.25) is 0 Å². The number of esters is 3. The van der Waals surface area contributed by atoms with E-state index in [1.807, 2.05) is 20.8 Å². The Labute approximate surface area is 376 Å². The third-order valence-electron chi connectivity index (χ3n) is 10.4. The van der Waals surface area contributed by atoms with Gasteiger partial charge in [0.15, 0.2) is 5.78 Å². The Morgan fingerprint density at radius 3 is 1.57 bits per heavy atom. The van der Waals surface area contributed by atoms with Crippen molar-refractivity contribution in [2.45, 2.75) is 246 Å². The molecule has 3 atom stereocenters. The average molecular weight is 886 g/mol. The van der Waals surface area contributed by atoms with Crippen LogP contribution in [0.1, 0.15) is 222 Å². The van der Waals surface area contributed by atoms with Gasteiger partial charge in [-0.2, -0.15) is 11.8 Å². The van der Waals surface area contributed by atoms with Gasteiger partial charge in [-0.1, -0.05) is 142 Å². The summed E-state index contributed by atoms with van der Waals surface area (Å²) >= 11 is 1.33. The van der Waals surface area contributed by atoms with Crippen molar-refractivity contribution in [2.24, 2.45) is 5.92 Å². The minimum Gasteiger partial charge on any atom is -0.469 e. The summed E-state index contributed by atoms with van der Waals surface area (Å²) in [6, 6.07) is -0.965. The fourth-order valence-corrected chi connectivity index (χ4v) is 7.73. The van der Waals surface area contributed by atoms with Crippen LogP contribution in [0, 0.1) is 5.92 Å². The predicted molar refractivity (Wildman–Crippen MR) is 249 cm³/mol. The molecule has 0 radical (unpaired) electrons. The summed E-state index contributed by atoms with van der Waals surface area (Å²) in [7, 11) is 1.26. The molecule has 358 valence electrons. The molecular weight excluding hydrogens is 795 g/mol. The van der Waals surface area contributed by atoms with E-state index in [2.05, 4.69) is 19.2 Å². The molecule has 12 heteroatoms. The minimum absolute atomic E-state index is 0.00110. The van der Waals surface area contributed by atoms with Gasteiger partial charge in [0.05, 0.1) is 37.7 Å². The number of hydrogen-bond acceptors (Lipinski definition) is 11. The second kappa shape index (κ2) is 37.1. The molecule has 1 N–H and O–H groups in total. The second-order valence-electron chi connectivity index (χ2n) is 18.7. The number of carbonyl (C=O) groups excluding carboxylic acids is 5. The van der Waals surface area contributed by atoms with Crippen LogP contribution in [0.25, 0.3) is 0 Å². The number of thioether (sulfide) groups is 1. The van der Waals surface area contributed by atoms with E-state index in [9.17, 15) is 24.0 Å². The Balaban J connectivity index is 5.07. The average Bonchev–Trinajstić information content (AvgIpc) is 3.18. The molecule has 0 unspecified atom stereocenters. The van der Waals surface area contributed by atoms with Crippen LogP contribution in [0.15, 0.2) is 0 Å². The number of Topliss-reactive ketones (excluding diaryl/α,β-unsaturated/α-hetero) is 1. The van der Waals surface area contributed by atoms with E-state index >= 15 is 0 Å². The normalized spacial score (nSPS) is 13.3. The van der Waals surface area contributed by atoms with Gasteiger partial charge in [0.1, 0.15) is 18.3 Å². The lowest BCUT2D eigenvalue weighted by Gasteiger charge is -2.25. The molecule has 61 heavy (non-hydrogen) atoms. The zero-order valence-electron chi connectivity index (χ0n) is 40.4. The Bertz CT molecular complexity index is 1150. The Morgan fingerprint density at radius 1 is 0.607 bits per heavy atom. The van der Waals surface area contributed by atoms with E-state index in [0.29, 0.717) is 18.6 Å². The Hall–Kier alpha value is -2.34. The van der Waals surface area contributed by atoms with Crippen LogP contribution in [0.4, 0.5) is 4.79 Å². The molecular formula is C49H91NO10S. The quantitative estimate of drug-likeness (QED) is 0.0358. The maximum absolute atomic E-state index is 13.5. The lowest BCUT2D eigenvalue weighted by molar-refractivity contribution is -0.155. The van der Waals surface area contributed by atoms with E-state index in [0.717, 1.165) is 38.5 Å². The summed E-state index contributed by atoms with van der Waals surface area (Å²) in [6.07, 6.45) is 26.2. The molecule has 0 rings (SSSR count). The van der Waals surface area contributed by atoms with E-state index in [-0.39, 0.29) is 43.6 Å². The summed E-state index contributed by atoms with van der Waals surface area (Å²) in [5.74, 6) is -1.95. The van der Waals surface area contributed by atoms with Gasteiger partial charge in [-0.3, -0.25) is 19.2 Å². The number of ether oxygens (including phenoxy) is 5. The first kappa shape index (κ1) is 58.7. The third kappa shape index (κ3) is 37.9. The van der Waals surface area contributed by atoms with Crippen molar-refractivity contribution in [3.8, 4) is 0 Å². The molecule has 0 aromatic rings. The number of nitrogens with one attached hydrogen (secondary N) is 1. The number of unbranched alkanes of at least 4 members (excludes halogenated alkanes) is 20. The molecule has 1 amide bonds. The standard InChI is InChI=1S/C49H91NO10S/c1-10-12-14-16-18-20-21-22-23-25-27-29-31-33-44(52)59-41(32-30-28-26-24-19-17-15-13-11-2)37-45(53)57-34-35-61-39-42(50-47(55)60-49(6,7)8)43(51)36-40(46(54)56-9)38-58-48(3,4)5/h40-42H,10-39H2,1-9H3,(H,50,55)/t40-,41+,42-/m0/s1. The summed E-state index contributed by atoms with van der Waals surface area (Å²) in [6.45, 7) is 15.3. The smallest absolute Gasteiger partial charge is 0.408 e. The lowest BCUT2D eigenvalue weighted by Crippen LogP contribution is -2.46. The third-order valence-corrected chi connectivity index (χ3v) is 11.4. The fourth-order valence-electron chi connectivity index (χ4n) is 6.86. The largest absolute Gasteiger partial charge is 0.469 e. The van der Waals surface area contributed by atoms with Crippen molar-refractivity contribution in [1.29, 1.82) is 0 Å². The van der Waals surface area contributed by atoms with Crippen LogP contribution in [0.5, 0.6) is 0 Å². The Kier molecular flexibility index (Phi) is 35.7. The first-order valence-corrected chi connectivity index (χ1v) is 25.3. The zero-order chi connectivity index (χ0) is 45.8. The molecule has 0 heterocycles. The highest BCUT2D eigenvalue weighted by Crippen LogP contribution is 2.19. The summed E-state index contributed by atoms with van der Waals surface area (Å²) < 4.78 is 27.6. The second-order valence-corrected chi connectivity index (χ2v) is 19.9. The number of rotatable bonds is 39. The molecule has 0 aromatic carbocycles. The first-order valence-electron chi connectivity index (χ1n) is 24.2. The van der Waals surface area contributed by atoms with Crippen molar-refractivity contribution in [3.05, 3.63) is 0 Å². The molecule has 0 spiro atoms. The lowest BCUT2D eigenvalue weighted by atomic mass is 9.99. The van der Waals surface area contributed by atoms with Gasteiger partial charge in [0.25, 0.3) is 0 Å². The number of amides is 1. The van der Waals surface area contributed by atoms with Gasteiger partial charge < -0.3 is 29.0 Å². The number of carbonyl (C=O) groups is 5. The summed E-state index contributed by atoms with van der Waals surface area (Å²) in [5, 5.41) is 2.65. The van der Waals surface area contributed by atoms with E-state index in [1.165, 1.54) is 122 Å². The van der Waals surface area contributed by atoms with Crippen molar-refractivity contribution < 1.29 is 47.7 Å². The molecule has 11 nitrogen and oxygen atoms in total. The number of methoxy groups -OCH3 is 1. The maximum atomic E-state index is 13.5. The van der Waals surface area contributed by atoms with Crippen LogP contribution in [0.3, 0.4) is 0 Å². The van der Waals surface area contributed by atoms with Gasteiger partial charge in [0, 0.05) is 24.3 Å². The molecule has 0 aliphatic rings.